The van der Waals surface area contributed by atoms with Gasteiger partial charge in [-0.1, -0.05) is 48.0 Å². The van der Waals surface area contributed by atoms with E-state index in [9.17, 15) is 18.0 Å². The highest BCUT2D eigenvalue weighted by Gasteiger charge is 2.34. The molecule has 0 bridgehead atoms. The summed E-state index contributed by atoms with van der Waals surface area (Å²) >= 11 is 5.69. The van der Waals surface area contributed by atoms with Gasteiger partial charge >= 0.3 is 6.18 Å². The van der Waals surface area contributed by atoms with Crippen molar-refractivity contribution in [3.63, 3.8) is 0 Å². The summed E-state index contributed by atoms with van der Waals surface area (Å²) in [4.78, 5) is 14.8. The second-order valence-corrected chi connectivity index (χ2v) is 7.80. The fraction of sp³-hybridized carbons (Fsp3) is 0.409. The molecule has 0 radical (unpaired) electrons. The Balaban J connectivity index is 1.47. The lowest BCUT2D eigenvalue weighted by atomic mass is 9.95. The number of hydrogen-bond acceptors (Lipinski definition) is 2. The molecule has 1 N–H and O–H groups in total. The molecule has 0 unspecified atom stereocenters. The first-order valence-electron chi connectivity index (χ1n) is 9.72. The molecule has 3 nitrogen and oxygen atoms in total. The van der Waals surface area contributed by atoms with Crippen LogP contribution in [0.15, 0.2) is 48.5 Å². The van der Waals surface area contributed by atoms with Crippen molar-refractivity contribution in [2.24, 2.45) is 5.92 Å². The zero-order valence-electron chi connectivity index (χ0n) is 16.0. The van der Waals surface area contributed by atoms with E-state index in [1.165, 1.54) is 17.7 Å². The molecule has 1 heterocycles. The van der Waals surface area contributed by atoms with Crippen molar-refractivity contribution < 1.29 is 18.0 Å². The number of piperidine rings is 1. The first kappa shape index (κ1) is 21.7. The highest BCUT2D eigenvalue weighted by atomic mass is 35.5. The van der Waals surface area contributed by atoms with Crippen LogP contribution in [0, 0.1) is 5.92 Å². The second-order valence-electron chi connectivity index (χ2n) is 7.37. The normalized spacial score (nSPS) is 16.0. The van der Waals surface area contributed by atoms with E-state index in [0.717, 1.165) is 32.1 Å². The molecule has 1 amide bonds. The molecular formula is C22H24ClF3N2O. The Hall–Kier alpha value is -2.05. The van der Waals surface area contributed by atoms with Crippen LogP contribution in [0.2, 0.25) is 5.02 Å². The number of alkyl halides is 3. The van der Waals surface area contributed by atoms with E-state index < -0.39 is 11.7 Å². The van der Waals surface area contributed by atoms with Crippen LogP contribution in [0.1, 0.15) is 29.5 Å². The van der Waals surface area contributed by atoms with E-state index in [2.05, 4.69) is 22.3 Å². The molecule has 1 aliphatic heterocycles. The molecule has 0 aliphatic carbocycles. The van der Waals surface area contributed by atoms with Gasteiger partial charge < -0.3 is 10.2 Å². The molecule has 2 aromatic rings. The monoisotopic (exact) mass is 424 g/mol. The van der Waals surface area contributed by atoms with Gasteiger partial charge in [0.25, 0.3) is 0 Å². The summed E-state index contributed by atoms with van der Waals surface area (Å²) < 4.78 is 39.5. The Morgan fingerprint density at radius 2 is 1.79 bits per heavy atom. The molecule has 29 heavy (non-hydrogen) atoms. The van der Waals surface area contributed by atoms with Gasteiger partial charge in [-0.05, 0) is 55.6 Å². The third-order valence-corrected chi connectivity index (χ3v) is 5.58. The zero-order chi connectivity index (χ0) is 20.9. The van der Waals surface area contributed by atoms with Gasteiger partial charge in [0.2, 0.25) is 5.91 Å². The van der Waals surface area contributed by atoms with E-state index in [1.807, 2.05) is 18.2 Å². The lowest BCUT2D eigenvalue weighted by molar-refractivity contribution is -0.138. The molecule has 0 aromatic heterocycles. The third kappa shape index (κ3) is 6.21. The Morgan fingerprint density at radius 1 is 1.10 bits per heavy atom. The van der Waals surface area contributed by atoms with Crippen LogP contribution in [0.5, 0.6) is 0 Å². The van der Waals surface area contributed by atoms with E-state index in [-0.39, 0.29) is 29.0 Å². The van der Waals surface area contributed by atoms with Crippen molar-refractivity contribution in [1.29, 1.82) is 0 Å². The van der Waals surface area contributed by atoms with Gasteiger partial charge in [-0.3, -0.25) is 4.79 Å². The number of hydrogen-bond donors (Lipinski definition) is 1. The summed E-state index contributed by atoms with van der Waals surface area (Å²) in [6, 6.07) is 13.9. The summed E-state index contributed by atoms with van der Waals surface area (Å²) in [6.45, 7) is 2.43. The average Bonchev–Trinajstić information content (AvgIpc) is 2.71. The SMILES string of the molecule is O=C(NCc1ccc(Cl)cc1C(F)(F)F)C1CCN(CCc2ccccc2)CC1. The van der Waals surface area contributed by atoms with E-state index in [1.54, 1.807) is 0 Å². The molecule has 7 heteroatoms. The van der Waals surface area contributed by atoms with Crippen LogP contribution in [-0.4, -0.2) is 30.4 Å². The Bertz CT molecular complexity index is 819. The van der Waals surface area contributed by atoms with Crippen molar-refractivity contribution in [1.82, 2.24) is 10.2 Å². The summed E-state index contributed by atoms with van der Waals surface area (Å²) in [5.41, 5.74) is 0.507. The maximum atomic E-state index is 13.2. The zero-order valence-corrected chi connectivity index (χ0v) is 16.8. The molecule has 1 aliphatic rings. The average molecular weight is 425 g/mol. The van der Waals surface area contributed by atoms with Crippen LogP contribution in [0.4, 0.5) is 13.2 Å². The molecule has 1 fully saturated rings. The highest BCUT2D eigenvalue weighted by molar-refractivity contribution is 6.30. The first-order chi connectivity index (χ1) is 13.8. The number of carbonyl (C=O) groups excluding carboxylic acids is 1. The van der Waals surface area contributed by atoms with E-state index in [4.69, 9.17) is 11.6 Å². The number of nitrogens with one attached hydrogen (secondary N) is 1. The topological polar surface area (TPSA) is 32.3 Å². The fourth-order valence-corrected chi connectivity index (χ4v) is 3.82. The van der Waals surface area contributed by atoms with Crippen LogP contribution >= 0.6 is 11.6 Å². The van der Waals surface area contributed by atoms with Gasteiger partial charge in [-0.15, -0.1) is 0 Å². The van der Waals surface area contributed by atoms with Gasteiger partial charge in [0, 0.05) is 24.0 Å². The van der Waals surface area contributed by atoms with Crippen molar-refractivity contribution in [2.45, 2.75) is 32.0 Å². The van der Waals surface area contributed by atoms with Gasteiger partial charge in [-0.25, -0.2) is 0 Å². The van der Waals surface area contributed by atoms with Crippen molar-refractivity contribution >= 4 is 17.5 Å². The molecule has 3 rings (SSSR count). The molecule has 0 spiro atoms. The highest BCUT2D eigenvalue weighted by Crippen LogP contribution is 2.33. The summed E-state index contributed by atoms with van der Waals surface area (Å²) in [7, 11) is 0. The predicted octanol–water partition coefficient (Wildman–Crippen LogP) is 4.93. The minimum Gasteiger partial charge on any atom is -0.352 e. The molecule has 2 aromatic carbocycles. The molecule has 0 saturated carbocycles. The maximum absolute atomic E-state index is 13.2. The number of nitrogens with zero attached hydrogens (tertiary/aromatic N) is 1. The van der Waals surface area contributed by atoms with Crippen molar-refractivity contribution in [2.75, 3.05) is 19.6 Å². The minimum absolute atomic E-state index is 0.0234. The number of rotatable bonds is 6. The summed E-state index contributed by atoms with van der Waals surface area (Å²) in [6.07, 6.45) is -2.11. The van der Waals surface area contributed by atoms with Crippen LogP contribution in [0.3, 0.4) is 0 Å². The van der Waals surface area contributed by atoms with E-state index in [0.29, 0.717) is 12.8 Å². The molecule has 1 saturated heterocycles. The smallest absolute Gasteiger partial charge is 0.352 e. The predicted molar refractivity (Wildman–Crippen MR) is 108 cm³/mol. The quantitative estimate of drug-likeness (QED) is 0.713. The number of benzene rings is 2. The first-order valence-corrected chi connectivity index (χ1v) is 10.1. The summed E-state index contributed by atoms with van der Waals surface area (Å²) in [5.74, 6) is -0.347. The van der Waals surface area contributed by atoms with Gasteiger partial charge in [0.05, 0.1) is 5.56 Å². The van der Waals surface area contributed by atoms with Crippen LogP contribution in [-0.2, 0) is 23.9 Å². The Morgan fingerprint density at radius 3 is 2.45 bits per heavy atom. The fourth-order valence-electron chi connectivity index (χ4n) is 3.64. The number of carbonyl (C=O) groups is 1. The van der Waals surface area contributed by atoms with Gasteiger partial charge in [0.1, 0.15) is 0 Å². The summed E-state index contributed by atoms with van der Waals surface area (Å²) in [5, 5.41) is 2.70. The molecule has 0 atom stereocenters. The lowest BCUT2D eigenvalue weighted by Gasteiger charge is -2.31. The Kier molecular flexibility index (Phi) is 7.19. The van der Waals surface area contributed by atoms with Crippen molar-refractivity contribution in [3.8, 4) is 0 Å². The molecule has 156 valence electrons. The standard InChI is InChI=1S/C22H24ClF3N2O/c23-19-7-6-18(20(14-19)22(24,25)26)15-27-21(29)17-9-12-28(13-10-17)11-8-16-4-2-1-3-5-16/h1-7,14,17H,8-13,15H2,(H,27,29). The van der Waals surface area contributed by atoms with Gasteiger partial charge in [-0.2, -0.15) is 13.2 Å². The minimum atomic E-state index is -4.50. The third-order valence-electron chi connectivity index (χ3n) is 5.35. The van der Waals surface area contributed by atoms with E-state index >= 15 is 0 Å². The second kappa shape index (κ2) is 9.63. The lowest BCUT2D eigenvalue weighted by Crippen LogP contribution is -2.41. The number of amides is 1. The molecular weight excluding hydrogens is 401 g/mol. The number of likely N-dealkylation sites (tertiary alicyclic amines) is 1. The van der Waals surface area contributed by atoms with Crippen LogP contribution in [0.25, 0.3) is 0 Å². The Labute approximate surface area is 173 Å². The van der Waals surface area contributed by atoms with Crippen LogP contribution < -0.4 is 5.32 Å². The maximum Gasteiger partial charge on any atom is 0.416 e. The largest absolute Gasteiger partial charge is 0.416 e. The van der Waals surface area contributed by atoms with Gasteiger partial charge in [0.15, 0.2) is 0 Å². The number of halogens is 4. The van der Waals surface area contributed by atoms with Crippen molar-refractivity contribution in [3.05, 3.63) is 70.2 Å².